The molecule has 2 heterocycles. The summed E-state index contributed by atoms with van der Waals surface area (Å²) in [5.74, 6) is -3.64. The molecule has 0 aromatic rings. The first-order chi connectivity index (χ1) is 17.2. The number of carbonyl (C=O) groups excluding carboxylic acids is 6. The first kappa shape index (κ1) is 29.9. The van der Waals surface area contributed by atoms with Gasteiger partial charge in [0.2, 0.25) is 35.4 Å². The van der Waals surface area contributed by atoms with E-state index in [2.05, 4.69) is 26.6 Å². The molecular formula is C21H34N6O10. The normalized spacial score (nSPS) is 33.4. The van der Waals surface area contributed by atoms with E-state index in [1.165, 1.54) is 34.6 Å². The predicted molar refractivity (Wildman–Crippen MR) is 123 cm³/mol. The first-order valence-corrected chi connectivity index (χ1v) is 11.5. The van der Waals surface area contributed by atoms with Crippen LogP contribution in [0.3, 0.4) is 0 Å². The van der Waals surface area contributed by atoms with Gasteiger partial charge in [-0.05, 0) is 0 Å². The summed E-state index contributed by atoms with van der Waals surface area (Å²) in [5.41, 5.74) is 5.48. The third-order valence-corrected chi connectivity index (χ3v) is 5.63. The number of amides is 6. The van der Waals surface area contributed by atoms with Gasteiger partial charge < -0.3 is 51.6 Å². The molecule has 2 aliphatic heterocycles. The van der Waals surface area contributed by atoms with Crippen LogP contribution < -0.4 is 32.3 Å². The molecule has 9 atom stereocenters. The Morgan fingerprint density at radius 3 is 1.68 bits per heavy atom. The van der Waals surface area contributed by atoms with Crippen molar-refractivity contribution < 1.29 is 48.1 Å². The van der Waals surface area contributed by atoms with E-state index in [9.17, 15) is 33.9 Å². The van der Waals surface area contributed by atoms with Gasteiger partial charge in [0.1, 0.15) is 18.2 Å². The predicted octanol–water partition coefficient (Wildman–Crippen LogP) is -4.55. The molecule has 0 radical (unpaired) electrons. The largest absolute Gasteiger partial charge is 0.367 e. The van der Waals surface area contributed by atoms with Crippen LogP contribution >= 0.6 is 0 Å². The molecular weight excluding hydrogens is 496 g/mol. The molecule has 2 rings (SSSR count). The van der Waals surface area contributed by atoms with Gasteiger partial charge in [-0.2, -0.15) is 0 Å². The van der Waals surface area contributed by atoms with Crippen molar-refractivity contribution in [3.05, 3.63) is 0 Å². The van der Waals surface area contributed by atoms with Gasteiger partial charge in [0.05, 0.1) is 24.7 Å². The third kappa shape index (κ3) is 8.08. The van der Waals surface area contributed by atoms with Gasteiger partial charge >= 0.3 is 0 Å². The standard InChI is InChI=1S/C21H34N6O10/c1-7(28)23-12-6-35-21(16(27-11(5)32)13(12)24-8(2)29)37-17-14(25-9(3)30)15(26-10(4)31)20(34)36-18(17)19(22)33/h12-18,20-21,34H,6H2,1-5H3,(H2,22,33)(H,23,28)(H,24,29)(H,25,30)(H,26,31)(H,27,32)/t12-,13-,14+,15+,16+,17-,18-,20?,21+/m0/s1. The lowest BCUT2D eigenvalue weighted by molar-refractivity contribution is -0.276. The van der Waals surface area contributed by atoms with Gasteiger partial charge in [-0.25, -0.2) is 0 Å². The number of nitrogens with one attached hydrogen (secondary N) is 5. The molecule has 2 fully saturated rings. The smallest absolute Gasteiger partial charge is 0.249 e. The van der Waals surface area contributed by atoms with E-state index < -0.39 is 90.4 Å². The van der Waals surface area contributed by atoms with Crippen molar-refractivity contribution >= 4 is 35.4 Å². The van der Waals surface area contributed by atoms with Crippen LogP contribution in [0.15, 0.2) is 0 Å². The number of nitrogens with two attached hydrogens (primary N) is 1. The Labute approximate surface area is 212 Å². The average Bonchev–Trinajstić information content (AvgIpc) is 2.74. The zero-order valence-corrected chi connectivity index (χ0v) is 21.1. The number of carbonyl (C=O) groups is 6. The Kier molecular flexibility index (Phi) is 10.3. The fourth-order valence-electron chi connectivity index (χ4n) is 4.38. The minimum atomic E-state index is -1.74. The molecule has 6 amide bonds. The topological polar surface area (TPSA) is 237 Å². The second-order valence-electron chi connectivity index (χ2n) is 8.86. The number of hydrogen-bond acceptors (Lipinski definition) is 10. The molecule has 0 aromatic heterocycles. The van der Waals surface area contributed by atoms with Crippen LogP contribution in [0.4, 0.5) is 0 Å². The Morgan fingerprint density at radius 2 is 1.19 bits per heavy atom. The zero-order chi connectivity index (χ0) is 28.0. The molecule has 0 saturated carbocycles. The van der Waals surface area contributed by atoms with Gasteiger partial charge in [-0.15, -0.1) is 0 Å². The number of ether oxygens (including phenoxy) is 3. The summed E-state index contributed by atoms with van der Waals surface area (Å²) in [4.78, 5) is 71.7. The van der Waals surface area contributed by atoms with Gasteiger partial charge in [0, 0.05) is 34.6 Å². The summed E-state index contributed by atoms with van der Waals surface area (Å²) in [7, 11) is 0. The van der Waals surface area contributed by atoms with Gasteiger partial charge in [0.15, 0.2) is 18.7 Å². The van der Waals surface area contributed by atoms with E-state index in [-0.39, 0.29) is 6.61 Å². The Balaban J connectivity index is 2.49. The van der Waals surface area contributed by atoms with Gasteiger partial charge in [-0.1, -0.05) is 0 Å². The van der Waals surface area contributed by atoms with Crippen molar-refractivity contribution in [2.75, 3.05) is 6.61 Å². The van der Waals surface area contributed by atoms with Crippen LogP contribution in [0.25, 0.3) is 0 Å². The molecule has 0 spiro atoms. The maximum Gasteiger partial charge on any atom is 0.249 e. The third-order valence-electron chi connectivity index (χ3n) is 5.63. The Hall–Kier alpha value is -3.34. The van der Waals surface area contributed by atoms with E-state index in [0.717, 1.165) is 0 Å². The lowest BCUT2D eigenvalue weighted by Crippen LogP contribution is -2.73. The van der Waals surface area contributed by atoms with Crippen LogP contribution in [0.5, 0.6) is 0 Å². The van der Waals surface area contributed by atoms with Crippen LogP contribution in [0.1, 0.15) is 34.6 Å². The van der Waals surface area contributed by atoms with Crippen LogP contribution in [0.2, 0.25) is 0 Å². The van der Waals surface area contributed by atoms with Crippen molar-refractivity contribution in [1.29, 1.82) is 0 Å². The maximum absolute atomic E-state index is 12.2. The Bertz CT molecular complexity index is 916. The second-order valence-corrected chi connectivity index (χ2v) is 8.86. The summed E-state index contributed by atoms with van der Waals surface area (Å²) in [6.07, 6.45) is -6.16. The van der Waals surface area contributed by atoms with E-state index >= 15 is 0 Å². The van der Waals surface area contributed by atoms with Crippen LogP contribution in [-0.2, 0) is 43.0 Å². The van der Waals surface area contributed by atoms with E-state index in [1.54, 1.807) is 0 Å². The average molecular weight is 531 g/mol. The summed E-state index contributed by atoms with van der Waals surface area (Å²) in [5, 5.41) is 23.3. The molecule has 2 aliphatic rings. The number of rotatable bonds is 8. The van der Waals surface area contributed by atoms with Crippen molar-refractivity contribution in [3.8, 4) is 0 Å². The fraction of sp³-hybridized carbons (Fsp3) is 0.714. The van der Waals surface area contributed by atoms with Crippen LogP contribution in [0, 0.1) is 0 Å². The summed E-state index contributed by atoms with van der Waals surface area (Å²) < 4.78 is 17.2. The highest BCUT2D eigenvalue weighted by molar-refractivity contribution is 5.81. The molecule has 0 bridgehead atoms. The lowest BCUT2D eigenvalue weighted by atomic mass is 9.92. The molecule has 0 aromatic carbocycles. The monoisotopic (exact) mass is 530 g/mol. The molecule has 0 aliphatic carbocycles. The Morgan fingerprint density at radius 1 is 0.730 bits per heavy atom. The lowest BCUT2D eigenvalue weighted by Gasteiger charge is -2.48. The zero-order valence-electron chi connectivity index (χ0n) is 21.1. The quantitative estimate of drug-likeness (QED) is 0.159. The van der Waals surface area contributed by atoms with Crippen molar-refractivity contribution in [2.24, 2.45) is 5.73 Å². The minimum absolute atomic E-state index is 0.178. The molecule has 37 heavy (non-hydrogen) atoms. The highest BCUT2D eigenvalue weighted by Gasteiger charge is 2.52. The summed E-state index contributed by atoms with van der Waals surface area (Å²) in [6, 6.07) is -5.30. The van der Waals surface area contributed by atoms with Crippen molar-refractivity contribution in [2.45, 2.75) is 89.6 Å². The number of aliphatic hydroxyl groups is 1. The molecule has 1 unspecified atom stereocenters. The maximum atomic E-state index is 12.2. The number of hydrogen-bond donors (Lipinski definition) is 7. The van der Waals surface area contributed by atoms with Crippen LogP contribution in [-0.4, -0.2) is 102 Å². The SMILES string of the molecule is CC(=O)N[C@@H]1[C@@H](NC(C)=O)[C@@H](O[C@H]2[C@H](NC(C)=O)[C@@H](NC(C)=O)C(O)O[C@@H]2C(N)=O)OC[C@@H]1NC(C)=O. The number of primary amides is 1. The van der Waals surface area contributed by atoms with Crippen molar-refractivity contribution in [1.82, 2.24) is 26.6 Å². The van der Waals surface area contributed by atoms with E-state index in [4.69, 9.17) is 19.9 Å². The fourth-order valence-corrected chi connectivity index (χ4v) is 4.38. The molecule has 208 valence electrons. The summed E-state index contributed by atoms with van der Waals surface area (Å²) in [6.45, 7) is 5.89. The highest BCUT2D eigenvalue weighted by atomic mass is 16.7. The van der Waals surface area contributed by atoms with Gasteiger partial charge in [-0.3, -0.25) is 28.8 Å². The number of aliphatic hydroxyl groups excluding tert-OH is 1. The molecule has 2 saturated heterocycles. The molecule has 8 N–H and O–H groups in total. The van der Waals surface area contributed by atoms with E-state index in [1.807, 2.05) is 0 Å². The van der Waals surface area contributed by atoms with Crippen molar-refractivity contribution in [3.63, 3.8) is 0 Å². The highest BCUT2D eigenvalue weighted by Crippen LogP contribution is 2.27. The molecule has 16 nitrogen and oxygen atoms in total. The van der Waals surface area contributed by atoms with E-state index in [0.29, 0.717) is 0 Å². The first-order valence-electron chi connectivity index (χ1n) is 11.5. The van der Waals surface area contributed by atoms with Gasteiger partial charge in [0.25, 0.3) is 0 Å². The summed E-state index contributed by atoms with van der Waals surface area (Å²) >= 11 is 0. The molecule has 16 heteroatoms. The minimum Gasteiger partial charge on any atom is -0.367 e. The second kappa shape index (κ2) is 12.8.